The van der Waals surface area contributed by atoms with E-state index < -0.39 is 0 Å². The predicted molar refractivity (Wildman–Crippen MR) is 95.7 cm³/mol. The number of hydrogen-bond acceptors (Lipinski definition) is 4. The maximum absolute atomic E-state index is 12.6. The summed E-state index contributed by atoms with van der Waals surface area (Å²) < 4.78 is 0. The number of benzene rings is 1. The minimum Gasteiger partial charge on any atom is -0.395 e. The van der Waals surface area contributed by atoms with Crippen molar-refractivity contribution in [2.24, 2.45) is 0 Å². The van der Waals surface area contributed by atoms with Crippen molar-refractivity contribution in [1.82, 2.24) is 9.88 Å². The Hall–Kier alpha value is -2.24. The molecule has 0 aliphatic rings. The smallest absolute Gasteiger partial charge is 0.241 e. The molecule has 1 amide bonds. The number of nitrogens with one attached hydrogen (secondary N) is 1. The second-order valence-corrected chi connectivity index (χ2v) is 6.02. The van der Waals surface area contributed by atoms with Crippen molar-refractivity contribution >= 4 is 11.6 Å². The van der Waals surface area contributed by atoms with Gasteiger partial charge in [0.05, 0.1) is 12.6 Å². The fourth-order valence-corrected chi connectivity index (χ4v) is 2.50. The first-order valence-electron chi connectivity index (χ1n) is 8.13. The van der Waals surface area contributed by atoms with Crippen LogP contribution in [0.5, 0.6) is 0 Å². The van der Waals surface area contributed by atoms with Gasteiger partial charge in [0.1, 0.15) is 0 Å². The first-order valence-corrected chi connectivity index (χ1v) is 8.13. The molecule has 2 rings (SSSR count). The minimum absolute atomic E-state index is 0.00151. The van der Waals surface area contributed by atoms with Crippen molar-refractivity contribution in [2.45, 2.75) is 33.4 Å². The number of carbonyl (C=O) groups excluding carboxylic acids is 1. The summed E-state index contributed by atoms with van der Waals surface area (Å²) in [6, 6.07) is 9.34. The maximum atomic E-state index is 12.6. The highest BCUT2D eigenvalue weighted by Gasteiger charge is 2.21. The largest absolute Gasteiger partial charge is 0.395 e. The molecule has 0 aliphatic carbocycles. The molecule has 0 aliphatic heterocycles. The van der Waals surface area contributed by atoms with Crippen LogP contribution in [-0.4, -0.2) is 40.1 Å². The fraction of sp³-hybridized carbons (Fsp3) is 0.368. The Morgan fingerprint density at radius 3 is 2.71 bits per heavy atom. The average molecular weight is 327 g/mol. The van der Waals surface area contributed by atoms with Crippen LogP contribution >= 0.6 is 0 Å². The number of amides is 1. The zero-order chi connectivity index (χ0) is 17.5. The SMILES string of the molecule is Cc1ccc(NC(=O)C(C)N(CCO)Cc2cccnc2)cc1C. The quantitative estimate of drug-likeness (QED) is 0.820. The molecular weight excluding hydrogens is 302 g/mol. The van der Waals surface area contributed by atoms with Crippen LogP contribution in [0.4, 0.5) is 5.69 Å². The van der Waals surface area contributed by atoms with Crippen molar-refractivity contribution in [3.05, 3.63) is 59.4 Å². The van der Waals surface area contributed by atoms with Crippen molar-refractivity contribution in [3.8, 4) is 0 Å². The van der Waals surface area contributed by atoms with Crippen LogP contribution in [0.15, 0.2) is 42.7 Å². The summed E-state index contributed by atoms with van der Waals surface area (Å²) in [5.74, 6) is -0.0874. The Balaban J connectivity index is 2.05. The number of aliphatic hydroxyl groups is 1. The molecule has 5 nitrogen and oxygen atoms in total. The molecule has 0 radical (unpaired) electrons. The van der Waals surface area contributed by atoms with E-state index in [-0.39, 0.29) is 18.6 Å². The molecule has 2 N–H and O–H groups in total. The number of aliphatic hydroxyl groups excluding tert-OH is 1. The molecule has 1 atom stereocenters. The molecule has 0 fully saturated rings. The van der Waals surface area contributed by atoms with Crippen LogP contribution in [0.25, 0.3) is 0 Å². The van der Waals surface area contributed by atoms with Crippen molar-refractivity contribution in [1.29, 1.82) is 0 Å². The van der Waals surface area contributed by atoms with Crippen LogP contribution in [-0.2, 0) is 11.3 Å². The number of pyridine rings is 1. The molecule has 5 heteroatoms. The van der Waals surface area contributed by atoms with E-state index in [1.165, 1.54) is 5.56 Å². The Morgan fingerprint density at radius 1 is 1.29 bits per heavy atom. The molecule has 2 aromatic rings. The normalized spacial score (nSPS) is 12.2. The van der Waals surface area contributed by atoms with Gasteiger partial charge in [-0.3, -0.25) is 14.7 Å². The van der Waals surface area contributed by atoms with Crippen molar-refractivity contribution in [3.63, 3.8) is 0 Å². The summed E-state index contributed by atoms with van der Waals surface area (Å²) in [5.41, 5.74) is 4.14. The van der Waals surface area contributed by atoms with E-state index in [0.29, 0.717) is 13.1 Å². The van der Waals surface area contributed by atoms with Crippen molar-refractivity contribution < 1.29 is 9.90 Å². The third-order valence-electron chi connectivity index (χ3n) is 4.20. The van der Waals surface area contributed by atoms with Gasteiger partial charge in [-0.05, 0) is 55.7 Å². The third kappa shape index (κ3) is 4.88. The Morgan fingerprint density at radius 2 is 2.08 bits per heavy atom. The minimum atomic E-state index is -0.362. The summed E-state index contributed by atoms with van der Waals surface area (Å²) in [6.07, 6.45) is 3.49. The van der Waals surface area contributed by atoms with E-state index in [1.807, 2.05) is 56.0 Å². The first kappa shape index (κ1) is 18.1. The molecule has 1 unspecified atom stereocenters. The molecule has 0 saturated heterocycles. The Bertz CT molecular complexity index is 674. The average Bonchev–Trinajstić information content (AvgIpc) is 2.58. The van der Waals surface area contributed by atoms with Gasteiger partial charge in [0.15, 0.2) is 0 Å². The van der Waals surface area contributed by atoms with E-state index in [1.54, 1.807) is 12.4 Å². The predicted octanol–water partition coefficient (Wildman–Crippen LogP) is 2.52. The van der Waals surface area contributed by atoms with Crippen LogP contribution in [0.3, 0.4) is 0 Å². The number of aryl methyl sites for hydroxylation is 2. The molecule has 24 heavy (non-hydrogen) atoms. The highest BCUT2D eigenvalue weighted by Crippen LogP contribution is 2.15. The standard InChI is InChI=1S/C19H25N3O2/c1-14-6-7-18(11-15(14)2)21-19(24)16(3)22(9-10-23)13-17-5-4-8-20-12-17/h4-8,11-12,16,23H,9-10,13H2,1-3H3,(H,21,24). The van der Waals surface area contributed by atoms with Gasteiger partial charge in [-0.25, -0.2) is 0 Å². The summed E-state index contributed by atoms with van der Waals surface area (Å²) in [5, 5.41) is 12.3. The molecule has 128 valence electrons. The summed E-state index contributed by atoms with van der Waals surface area (Å²) in [4.78, 5) is 18.6. The number of nitrogens with zero attached hydrogens (tertiary/aromatic N) is 2. The van der Waals surface area contributed by atoms with E-state index in [9.17, 15) is 9.90 Å². The third-order valence-corrected chi connectivity index (χ3v) is 4.20. The molecule has 0 spiro atoms. The van der Waals surface area contributed by atoms with Gasteiger partial charge >= 0.3 is 0 Å². The van der Waals surface area contributed by atoms with E-state index in [0.717, 1.165) is 16.8 Å². The number of carbonyl (C=O) groups is 1. The second kappa shape index (κ2) is 8.57. The monoisotopic (exact) mass is 327 g/mol. The van der Waals surface area contributed by atoms with Gasteiger partial charge < -0.3 is 10.4 Å². The first-order chi connectivity index (χ1) is 11.5. The zero-order valence-corrected chi connectivity index (χ0v) is 14.5. The number of anilines is 1. The maximum Gasteiger partial charge on any atom is 0.241 e. The number of hydrogen-bond donors (Lipinski definition) is 2. The van der Waals surface area contributed by atoms with E-state index in [4.69, 9.17) is 0 Å². The Kier molecular flexibility index (Phi) is 6.46. The molecule has 1 aromatic heterocycles. The highest BCUT2D eigenvalue weighted by molar-refractivity contribution is 5.94. The van der Waals surface area contributed by atoms with Gasteiger partial charge in [0.25, 0.3) is 0 Å². The zero-order valence-electron chi connectivity index (χ0n) is 14.5. The molecule has 1 aromatic carbocycles. The van der Waals surface area contributed by atoms with Gasteiger partial charge in [-0.1, -0.05) is 12.1 Å². The number of rotatable bonds is 7. The second-order valence-electron chi connectivity index (χ2n) is 6.02. The molecular formula is C19H25N3O2. The van der Waals surface area contributed by atoms with Crippen LogP contribution in [0.2, 0.25) is 0 Å². The van der Waals surface area contributed by atoms with Gasteiger partial charge in [0, 0.05) is 31.2 Å². The molecule has 1 heterocycles. The lowest BCUT2D eigenvalue weighted by atomic mass is 10.1. The van der Waals surface area contributed by atoms with Gasteiger partial charge in [-0.2, -0.15) is 0 Å². The van der Waals surface area contributed by atoms with Gasteiger partial charge in [-0.15, -0.1) is 0 Å². The highest BCUT2D eigenvalue weighted by atomic mass is 16.3. The van der Waals surface area contributed by atoms with Crippen LogP contribution < -0.4 is 5.32 Å². The van der Waals surface area contributed by atoms with Crippen LogP contribution in [0.1, 0.15) is 23.6 Å². The van der Waals surface area contributed by atoms with E-state index >= 15 is 0 Å². The van der Waals surface area contributed by atoms with Crippen molar-refractivity contribution in [2.75, 3.05) is 18.5 Å². The van der Waals surface area contributed by atoms with Gasteiger partial charge in [0.2, 0.25) is 5.91 Å². The molecule has 0 bridgehead atoms. The molecule has 0 saturated carbocycles. The number of aromatic nitrogens is 1. The lowest BCUT2D eigenvalue weighted by Crippen LogP contribution is -2.43. The summed E-state index contributed by atoms with van der Waals surface area (Å²) in [7, 11) is 0. The topological polar surface area (TPSA) is 65.5 Å². The van der Waals surface area contributed by atoms with E-state index in [2.05, 4.69) is 10.3 Å². The lowest BCUT2D eigenvalue weighted by Gasteiger charge is -2.27. The van der Waals surface area contributed by atoms with Crippen LogP contribution in [0, 0.1) is 13.8 Å². The summed E-state index contributed by atoms with van der Waals surface area (Å²) >= 11 is 0. The fourth-order valence-electron chi connectivity index (χ4n) is 2.50. The Labute approximate surface area is 143 Å². The summed E-state index contributed by atoms with van der Waals surface area (Å²) in [6.45, 7) is 6.91. The lowest BCUT2D eigenvalue weighted by molar-refractivity contribution is -0.121.